The van der Waals surface area contributed by atoms with Crippen molar-refractivity contribution < 1.29 is 0 Å². The van der Waals surface area contributed by atoms with Crippen molar-refractivity contribution in [1.82, 2.24) is 0 Å². The van der Waals surface area contributed by atoms with E-state index in [0.29, 0.717) is 0 Å². The van der Waals surface area contributed by atoms with Gasteiger partial charge >= 0.3 is 0 Å². The first-order valence-corrected chi connectivity index (χ1v) is 9.30. The molecule has 0 atom stereocenters. The Bertz CT molecular complexity index is 935. The average molecular weight is 340 g/mol. The lowest BCUT2D eigenvalue weighted by Gasteiger charge is -2.19. The van der Waals surface area contributed by atoms with Crippen LogP contribution in [0.3, 0.4) is 0 Å². The summed E-state index contributed by atoms with van der Waals surface area (Å²) in [5.41, 5.74) is 9.45. The predicted octanol–water partition coefficient (Wildman–Crippen LogP) is 5.83. The fourth-order valence-electron chi connectivity index (χ4n) is 3.59. The third-order valence-electron chi connectivity index (χ3n) is 5.03. The van der Waals surface area contributed by atoms with Gasteiger partial charge in [0, 0.05) is 23.4 Å². The van der Waals surface area contributed by atoms with Crippen LogP contribution in [-0.2, 0) is 6.42 Å². The largest absolute Gasteiger partial charge is 0.385 e. The molecule has 26 heavy (non-hydrogen) atoms. The van der Waals surface area contributed by atoms with Gasteiger partial charge in [0.15, 0.2) is 0 Å². The maximum Gasteiger partial charge on any atom is 0.0782 e. The van der Waals surface area contributed by atoms with E-state index in [1.807, 2.05) is 0 Å². The molecule has 0 bridgehead atoms. The van der Waals surface area contributed by atoms with E-state index in [-0.39, 0.29) is 0 Å². The third-order valence-corrected chi connectivity index (χ3v) is 5.03. The summed E-state index contributed by atoms with van der Waals surface area (Å²) in [6.45, 7) is 5.30. The van der Waals surface area contributed by atoms with Gasteiger partial charge in [0.2, 0.25) is 0 Å². The Balaban J connectivity index is 1.88. The molecule has 0 radical (unpaired) electrons. The van der Waals surface area contributed by atoms with Crippen molar-refractivity contribution in [2.45, 2.75) is 26.7 Å². The smallest absolute Gasteiger partial charge is 0.0782 e. The van der Waals surface area contributed by atoms with E-state index >= 15 is 0 Å². The van der Waals surface area contributed by atoms with E-state index in [4.69, 9.17) is 4.99 Å². The second-order valence-electron chi connectivity index (χ2n) is 6.97. The van der Waals surface area contributed by atoms with Crippen molar-refractivity contribution >= 4 is 17.1 Å². The van der Waals surface area contributed by atoms with Gasteiger partial charge in [-0.3, -0.25) is 0 Å². The summed E-state index contributed by atoms with van der Waals surface area (Å²) in [4.78, 5) is 5.14. The van der Waals surface area contributed by atoms with Crippen molar-refractivity contribution in [1.29, 1.82) is 0 Å². The number of nitrogens with zero attached hydrogens (tertiary/aromatic N) is 1. The highest BCUT2D eigenvalue weighted by atomic mass is 14.9. The SMILES string of the molecule is Cc1cccc(C)c1N=C(c1ccccc1)c1ccc2c(c1)NCCC2. The molecular weight excluding hydrogens is 316 g/mol. The first kappa shape index (κ1) is 16.6. The zero-order valence-electron chi connectivity index (χ0n) is 15.4. The molecule has 0 aromatic heterocycles. The van der Waals surface area contributed by atoms with E-state index in [2.05, 4.69) is 85.9 Å². The number of fused-ring (bicyclic) bond motifs is 1. The van der Waals surface area contributed by atoms with Crippen LogP contribution in [-0.4, -0.2) is 12.3 Å². The summed E-state index contributed by atoms with van der Waals surface area (Å²) in [5.74, 6) is 0. The Kier molecular flexibility index (Phi) is 4.57. The summed E-state index contributed by atoms with van der Waals surface area (Å²) < 4.78 is 0. The van der Waals surface area contributed by atoms with Gasteiger partial charge in [-0.1, -0.05) is 60.7 Å². The predicted molar refractivity (Wildman–Crippen MR) is 111 cm³/mol. The Labute approximate surface area is 155 Å². The van der Waals surface area contributed by atoms with E-state index in [9.17, 15) is 0 Å². The number of aryl methyl sites for hydroxylation is 3. The number of hydrogen-bond acceptors (Lipinski definition) is 2. The van der Waals surface area contributed by atoms with Crippen LogP contribution in [0.1, 0.15) is 34.2 Å². The van der Waals surface area contributed by atoms with Crippen molar-refractivity contribution in [3.05, 3.63) is 94.5 Å². The van der Waals surface area contributed by atoms with E-state index in [1.165, 1.54) is 28.8 Å². The minimum absolute atomic E-state index is 1.03. The van der Waals surface area contributed by atoms with Crippen LogP contribution in [0.2, 0.25) is 0 Å². The molecule has 1 aliphatic rings. The maximum atomic E-state index is 5.14. The number of anilines is 1. The van der Waals surface area contributed by atoms with Gasteiger partial charge < -0.3 is 5.32 Å². The normalized spacial score (nSPS) is 13.8. The lowest BCUT2D eigenvalue weighted by atomic mass is 9.96. The molecule has 0 unspecified atom stereocenters. The van der Waals surface area contributed by atoms with Gasteiger partial charge in [-0.2, -0.15) is 0 Å². The molecule has 1 aliphatic heterocycles. The molecule has 3 aromatic carbocycles. The lowest BCUT2D eigenvalue weighted by Crippen LogP contribution is -2.13. The van der Waals surface area contributed by atoms with Crippen molar-refractivity contribution in [3.8, 4) is 0 Å². The average Bonchev–Trinajstić information content (AvgIpc) is 2.68. The number of nitrogens with one attached hydrogen (secondary N) is 1. The molecule has 4 rings (SSSR count). The molecule has 0 fully saturated rings. The summed E-state index contributed by atoms with van der Waals surface area (Å²) in [6.07, 6.45) is 2.35. The quantitative estimate of drug-likeness (QED) is 0.596. The van der Waals surface area contributed by atoms with Gasteiger partial charge in [0.25, 0.3) is 0 Å². The topological polar surface area (TPSA) is 24.4 Å². The first-order valence-electron chi connectivity index (χ1n) is 9.30. The van der Waals surface area contributed by atoms with Crippen LogP contribution in [0.15, 0.2) is 71.7 Å². The van der Waals surface area contributed by atoms with Crippen molar-refractivity contribution in [2.75, 3.05) is 11.9 Å². The number of para-hydroxylation sites is 1. The minimum Gasteiger partial charge on any atom is -0.385 e. The summed E-state index contributed by atoms with van der Waals surface area (Å²) in [5, 5.41) is 3.54. The van der Waals surface area contributed by atoms with Gasteiger partial charge in [-0.15, -0.1) is 0 Å². The highest BCUT2D eigenvalue weighted by Crippen LogP contribution is 2.28. The van der Waals surface area contributed by atoms with E-state index in [0.717, 1.165) is 35.5 Å². The summed E-state index contributed by atoms with van der Waals surface area (Å²) >= 11 is 0. The summed E-state index contributed by atoms with van der Waals surface area (Å²) in [7, 11) is 0. The molecule has 2 heteroatoms. The number of aliphatic imine (C=N–C) groups is 1. The second-order valence-corrected chi connectivity index (χ2v) is 6.97. The highest BCUT2D eigenvalue weighted by molar-refractivity contribution is 6.14. The fourth-order valence-corrected chi connectivity index (χ4v) is 3.59. The molecule has 1 heterocycles. The number of rotatable bonds is 3. The first-order chi connectivity index (χ1) is 12.7. The van der Waals surface area contributed by atoms with Crippen LogP contribution in [0, 0.1) is 13.8 Å². The molecule has 2 nitrogen and oxygen atoms in total. The highest BCUT2D eigenvalue weighted by Gasteiger charge is 2.14. The Morgan fingerprint density at radius 2 is 1.62 bits per heavy atom. The molecule has 0 amide bonds. The van der Waals surface area contributed by atoms with Crippen molar-refractivity contribution in [2.24, 2.45) is 4.99 Å². The molecule has 0 saturated carbocycles. The van der Waals surface area contributed by atoms with Gasteiger partial charge in [0.1, 0.15) is 0 Å². The molecule has 0 spiro atoms. The molecule has 130 valence electrons. The van der Waals surface area contributed by atoms with Crippen LogP contribution in [0.4, 0.5) is 11.4 Å². The van der Waals surface area contributed by atoms with E-state index < -0.39 is 0 Å². The monoisotopic (exact) mass is 340 g/mol. The zero-order valence-corrected chi connectivity index (χ0v) is 15.4. The van der Waals surface area contributed by atoms with Gasteiger partial charge in [-0.05, 0) is 49.4 Å². The molecular formula is C24H24N2. The Hall–Kier alpha value is -2.87. The molecule has 0 aliphatic carbocycles. The number of hydrogen-bond donors (Lipinski definition) is 1. The van der Waals surface area contributed by atoms with Gasteiger partial charge in [-0.25, -0.2) is 4.99 Å². The van der Waals surface area contributed by atoms with E-state index in [1.54, 1.807) is 0 Å². The van der Waals surface area contributed by atoms with Gasteiger partial charge in [0.05, 0.1) is 11.4 Å². The summed E-state index contributed by atoms with van der Waals surface area (Å²) in [6, 6.07) is 23.5. The zero-order chi connectivity index (χ0) is 17.9. The lowest BCUT2D eigenvalue weighted by molar-refractivity contribution is 0.830. The molecule has 1 N–H and O–H groups in total. The van der Waals surface area contributed by atoms with Crippen LogP contribution in [0.25, 0.3) is 0 Å². The molecule has 3 aromatic rings. The standard InChI is InChI=1S/C24H24N2/c1-17-8-6-9-18(2)23(17)26-24(20-10-4-3-5-11-20)21-14-13-19-12-7-15-25-22(19)16-21/h3-6,8-11,13-14,16,25H,7,12,15H2,1-2H3. The maximum absolute atomic E-state index is 5.14. The molecule has 0 saturated heterocycles. The Morgan fingerprint density at radius 1 is 0.846 bits per heavy atom. The third kappa shape index (κ3) is 3.28. The van der Waals surface area contributed by atoms with Crippen molar-refractivity contribution in [3.63, 3.8) is 0 Å². The van der Waals surface area contributed by atoms with Crippen LogP contribution >= 0.6 is 0 Å². The van der Waals surface area contributed by atoms with Crippen LogP contribution < -0.4 is 5.32 Å². The fraction of sp³-hybridized carbons (Fsp3) is 0.208. The van der Waals surface area contributed by atoms with Crippen LogP contribution in [0.5, 0.6) is 0 Å². The second kappa shape index (κ2) is 7.17. The number of benzene rings is 3. The minimum atomic E-state index is 1.03. The Morgan fingerprint density at radius 3 is 2.38 bits per heavy atom.